The lowest BCUT2D eigenvalue weighted by Crippen LogP contribution is -2.30. The van der Waals surface area contributed by atoms with Crippen LogP contribution in [-0.2, 0) is 16.6 Å². The summed E-state index contributed by atoms with van der Waals surface area (Å²) in [5, 5.41) is 9.43. The molecule has 0 saturated carbocycles. The number of aliphatic hydroxyl groups is 1. The average Bonchev–Trinajstić information content (AvgIpc) is 2.61. The highest BCUT2D eigenvalue weighted by Gasteiger charge is 2.26. The number of sulfonamides is 1. The summed E-state index contributed by atoms with van der Waals surface area (Å²) in [7, 11) is -3.64. The first-order chi connectivity index (χ1) is 8.33. The first-order valence-electron chi connectivity index (χ1n) is 5.55. The summed E-state index contributed by atoms with van der Waals surface area (Å²) in [6.45, 7) is 5.16. The van der Waals surface area contributed by atoms with Crippen molar-refractivity contribution < 1.29 is 17.9 Å². The molecule has 1 unspecified atom stereocenters. The number of aliphatic hydroxyl groups excluding tert-OH is 1. The van der Waals surface area contributed by atoms with E-state index in [1.165, 1.54) is 0 Å². The third-order valence-corrected chi connectivity index (χ3v) is 5.30. The minimum absolute atomic E-state index is 0.0656. The summed E-state index contributed by atoms with van der Waals surface area (Å²) < 4.78 is 32.2. The maximum absolute atomic E-state index is 12.2. The molecule has 2 N–H and O–H groups in total. The lowest BCUT2D eigenvalue weighted by Gasteiger charge is -2.11. The lowest BCUT2D eigenvalue weighted by atomic mass is 10.2. The van der Waals surface area contributed by atoms with Crippen molar-refractivity contribution >= 4 is 21.8 Å². The molecule has 1 rings (SSSR count). The molecule has 0 fully saturated rings. The number of thioether (sulfide) groups is 1. The molecule has 0 bridgehead atoms. The molecule has 0 aliphatic carbocycles. The largest absolute Gasteiger partial charge is 0.465 e. The summed E-state index contributed by atoms with van der Waals surface area (Å²) in [6, 6.07) is 0. The zero-order valence-electron chi connectivity index (χ0n) is 11.0. The van der Waals surface area contributed by atoms with E-state index >= 15 is 0 Å². The maximum Gasteiger partial charge on any atom is 0.244 e. The minimum atomic E-state index is -3.64. The fourth-order valence-electron chi connectivity index (χ4n) is 1.63. The summed E-state index contributed by atoms with van der Waals surface area (Å²) in [4.78, 5) is 0.0656. The molecular weight excluding hydrogens is 274 g/mol. The van der Waals surface area contributed by atoms with Gasteiger partial charge in [0, 0.05) is 17.4 Å². The van der Waals surface area contributed by atoms with Crippen molar-refractivity contribution in [3.8, 4) is 0 Å². The molecule has 0 spiro atoms. The van der Waals surface area contributed by atoms with E-state index in [4.69, 9.17) is 4.42 Å². The Morgan fingerprint density at radius 1 is 1.39 bits per heavy atom. The van der Waals surface area contributed by atoms with Crippen molar-refractivity contribution in [1.82, 2.24) is 4.72 Å². The summed E-state index contributed by atoms with van der Waals surface area (Å²) in [6.07, 6.45) is 1.92. The van der Waals surface area contributed by atoms with Crippen LogP contribution in [0.15, 0.2) is 9.31 Å². The molecule has 104 valence electrons. The van der Waals surface area contributed by atoms with Gasteiger partial charge in [-0.25, -0.2) is 13.1 Å². The van der Waals surface area contributed by atoms with E-state index in [9.17, 15) is 13.5 Å². The SMILES string of the molecule is CSC(C)CNS(=O)(=O)c1c(C)oc(C)c1CO. The van der Waals surface area contributed by atoms with Gasteiger partial charge in [0.15, 0.2) is 0 Å². The monoisotopic (exact) mass is 293 g/mol. The molecule has 0 aromatic carbocycles. The molecule has 7 heteroatoms. The van der Waals surface area contributed by atoms with Crippen molar-refractivity contribution in [2.24, 2.45) is 0 Å². The molecule has 0 saturated heterocycles. The van der Waals surface area contributed by atoms with E-state index in [1.807, 2.05) is 13.2 Å². The third kappa shape index (κ3) is 3.28. The molecule has 0 aliphatic rings. The summed E-state index contributed by atoms with van der Waals surface area (Å²) in [5.41, 5.74) is 0.330. The maximum atomic E-state index is 12.2. The Morgan fingerprint density at radius 2 is 2.00 bits per heavy atom. The second kappa shape index (κ2) is 6.10. The number of furan rings is 1. The van der Waals surface area contributed by atoms with Crippen LogP contribution in [0.3, 0.4) is 0 Å². The molecule has 5 nitrogen and oxygen atoms in total. The topological polar surface area (TPSA) is 79.5 Å². The van der Waals surface area contributed by atoms with E-state index < -0.39 is 10.0 Å². The Bertz CT molecular complexity index is 507. The average molecular weight is 293 g/mol. The highest BCUT2D eigenvalue weighted by atomic mass is 32.2. The smallest absolute Gasteiger partial charge is 0.244 e. The van der Waals surface area contributed by atoms with Crippen LogP contribution in [-0.4, -0.2) is 31.6 Å². The number of nitrogens with one attached hydrogen (secondary N) is 1. The Balaban J connectivity index is 3.05. The quantitative estimate of drug-likeness (QED) is 0.829. The van der Waals surface area contributed by atoms with Gasteiger partial charge in [-0.2, -0.15) is 11.8 Å². The van der Waals surface area contributed by atoms with Gasteiger partial charge in [0.25, 0.3) is 0 Å². The minimum Gasteiger partial charge on any atom is -0.465 e. The van der Waals surface area contributed by atoms with Crippen LogP contribution in [0.4, 0.5) is 0 Å². The zero-order chi connectivity index (χ0) is 13.9. The Morgan fingerprint density at radius 3 is 2.50 bits per heavy atom. The van der Waals surface area contributed by atoms with Gasteiger partial charge in [-0.15, -0.1) is 0 Å². The van der Waals surface area contributed by atoms with Gasteiger partial charge >= 0.3 is 0 Å². The standard InChI is InChI=1S/C11H19NO4S2/c1-7(17-4)5-12-18(14,15)11-9(3)16-8(2)10(11)6-13/h7,12-13H,5-6H2,1-4H3. The Labute approximate surface area is 112 Å². The van der Waals surface area contributed by atoms with E-state index in [0.29, 0.717) is 23.6 Å². The molecule has 1 aromatic rings. The van der Waals surface area contributed by atoms with E-state index in [2.05, 4.69) is 4.72 Å². The fourth-order valence-corrected chi connectivity index (χ4v) is 3.55. The Hall–Kier alpha value is -0.500. The van der Waals surface area contributed by atoms with Crippen molar-refractivity contribution in [3.63, 3.8) is 0 Å². The molecule has 18 heavy (non-hydrogen) atoms. The molecule has 0 amide bonds. The van der Waals surface area contributed by atoms with Crippen LogP contribution in [0.25, 0.3) is 0 Å². The third-order valence-electron chi connectivity index (χ3n) is 2.72. The number of hydrogen-bond donors (Lipinski definition) is 2. The first-order valence-corrected chi connectivity index (χ1v) is 8.32. The van der Waals surface area contributed by atoms with Crippen LogP contribution in [0, 0.1) is 13.8 Å². The van der Waals surface area contributed by atoms with Crippen LogP contribution in [0.2, 0.25) is 0 Å². The van der Waals surface area contributed by atoms with E-state index in [-0.39, 0.29) is 16.8 Å². The lowest BCUT2D eigenvalue weighted by molar-refractivity contribution is 0.276. The first kappa shape index (κ1) is 15.6. The van der Waals surface area contributed by atoms with Gasteiger partial charge in [0.1, 0.15) is 16.4 Å². The molecule has 1 heterocycles. The number of rotatable bonds is 6. The highest BCUT2D eigenvalue weighted by Crippen LogP contribution is 2.26. The molecule has 0 aliphatic heterocycles. The Kier molecular flexibility index (Phi) is 5.27. The van der Waals surface area contributed by atoms with Crippen molar-refractivity contribution in [1.29, 1.82) is 0 Å². The predicted molar refractivity (Wildman–Crippen MR) is 72.3 cm³/mol. The predicted octanol–water partition coefficient (Wildman–Crippen LogP) is 1.42. The van der Waals surface area contributed by atoms with Crippen LogP contribution < -0.4 is 4.72 Å². The number of hydrogen-bond acceptors (Lipinski definition) is 5. The van der Waals surface area contributed by atoms with Crippen LogP contribution in [0.5, 0.6) is 0 Å². The van der Waals surface area contributed by atoms with Gasteiger partial charge in [0.2, 0.25) is 10.0 Å². The highest BCUT2D eigenvalue weighted by molar-refractivity contribution is 7.99. The molecule has 1 atom stereocenters. The molecular formula is C11H19NO4S2. The van der Waals surface area contributed by atoms with Crippen molar-refractivity contribution in [3.05, 3.63) is 17.1 Å². The normalized spacial score (nSPS) is 13.8. The van der Waals surface area contributed by atoms with Gasteiger partial charge in [0.05, 0.1) is 6.61 Å². The summed E-state index contributed by atoms with van der Waals surface area (Å²) >= 11 is 1.58. The fraction of sp³-hybridized carbons (Fsp3) is 0.636. The summed E-state index contributed by atoms with van der Waals surface area (Å²) in [5.74, 6) is 0.745. The van der Waals surface area contributed by atoms with E-state index in [0.717, 1.165) is 0 Å². The molecule has 1 aromatic heterocycles. The van der Waals surface area contributed by atoms with E-state index in [1.54, 1.807) is 25.6 Å². The number of aryl methyl sites for hydroxylation is 2. The van der Waals surface area contributed by atoms with Crippen LogP contribution in [0.1, 0.15) is 24.0 Å². The molecule has 0 radical (unpaired) electrons. The van der Waals surface area contributed by atoms with Gasteiger partial charge < -0.3 is 9.52 Å². The van der Waals surface area contributed by atoms with Gasteiger partial charge in [-0.05, 0) is 20.1 Å². The van der Waals surface area contributed by atoms with Crippen molar-refractivity contribution in [2.45, 2.75) is 37.5 Å². The zero-order valence-corrected chi connectivity index (χ0v) is 12.6. The van der Waals surface area contributed by atoms with Gasteiger partial charge in [-0.3, -0.25) is 0 Å². The second-order valence-electron chi connectivity index (χ2n) is 4.08. The van der Waals surface area contributed by atoms with Gasteiger partial charge in [-0.1, -0.05) is 6.92 Å². The second-order valence-corrected chi connectivity index (χ2v) is 7.06. The van der Waals surface area contributed by atoms with Crippen LogP contribution >= 0.6 is 11.8 Å². The van der Waals surface area contributed by atoms with Crippen molar-refractivity contribution in [2.75, 3.05) is 12.8 Å².